The van der Waals surface area contributed by atoms with Crippen molar-refractivity contribution in [1.29, 1.82) is 0 Å². The lowest BCUT2D eigenvalue weighted by molar-refractivity contribution is 0.292. The van der Waals surface area contributed by atoms with Crippen molar-refractivity contribution in [3.05, 3.63) is 4.60 Å². The van der Waals surface area contributed by atoms with Gasteiger partial charge in [0.15, 0.2) is 4.60 Å². The van der Waals surface area contributed by atoms with E-state index in [0.717, 1.165) is 0 Å². The third-order valence-corrected chi connectivity index (χ3v) is 5.31. The van der Waals surface area contributed by atoms with Crippen LogP contribution in [-0.2, 0) is 17.1 Å². The summed E-state index contributed by atoms with van der Waals surface area (Å²) in [5.74, 6) is 0.384. The Labute approximate surface area is 127 Å². The van der Waals surface area contributed by atoms with Gasteiger partial charge in [-0.15, -0.1) is 16.7 Å². The van der Waals surface area contributed by atoms with Gasteiger partial charge in [0.05, 0.1) is 0 Å². The number of aromatic nitrogens is 3. The number of nitrogens with zero attached hydrogens (tertiary/aromatic N) is 3. The van der Waals surface area contributed by atoms with Crippen LogP contribution in [0.2, 0.25) is 0 Å². The van der Waals surface area contributed by atoms with Crippen molar-refractivity contribution in [1.82, 2.24) is 19.7 Å². The predicted octanol–water partition coefficient (Wildman–Crippen LogP) is 1.90. The van der Waals surface area contributed by atoms with Crippen molar-refractivity contribution in [2.24, 2.45) is 12.5 Å². The van der Waals surface area contributed by atoms with Crippen molar-refractivity contribution in [3.63, 3.8) is 0 Å². The minimum Gasteiger partial charge on any atom is -0.235 e. The Morgan fingerprint density at radius 2 is 2.05 bits per heavy atom. The molecule has 1 unspecified atom stereocenters. The van der Waals surface area contributed by atoms with Gasteiger partial charge in [-0.1, -0.05) is 26.0 Å². The first kappa shape index (κ1) is 16.9. The van der Waals surface area contributed by atoms with Gasteiger partial charge in [-0.05, 0) is 27.8 Å². The highest BCUT2D eigenvalue weighted by Crippen LogP contribution is 2.25. The molecule has 0 radical (unpaired) electrons. The molecule has 19 heavy (non-hydrogen) atoms. The number of aryl methyl sites for hydroxylation is 1. The molecule has 6 nitrogen and oxygen atoms in total. The Bertz CT molecular complexity index is 519. The summed E-state index contributed by atoms with van der Waals surface area (Å²) in [6, 6.07) is -0.267. The Balaban J connectivity index is 3.08. The van der Waals surface area contributed by atoms with E-state index in [1.807, 2.05) is 20.8 Å². The average molecular weight is 374 g/mol. The number of nitrogens with one attached hydrogen (secondary N) is 1. The van der Waals surface area contributed by atoms with Crippen LogP contribution in [0.4, 0.5) is 0 Å². The molecule has 1 N–H and O–H groups in total. The second-order valence-electron chi connectivity index (χ2n) is 5.33. The largest absolute Gasteiger partial charge is 0.260 e. The fraction of sp³-hybridized carbons (Fsp3) is 0.800. The standard InChI is InChI=1S/C10H18BrClN4O2S/c1-10(2,3)7(5-6-12)14-19(17,18)9-8(11)13-15-16(9)4/h7,14H,5-6H2,1-4H3. The normalized spacial score (nSPS) is 14.6. The Morgan fingerprint density at radius 3 is 2.42 bits per heavy atom. The molecule has 1 aromatic heterocycles. The van der Waals surface area contributed by atoms with Gasteiger partial charge in [0.25, 0.3) is 10.0 Å². The van der Waals surface area contributed by atoms with E-state index in [4.69, 9.17) is 11.6 Å². The molecule has 0 saturated carbocycles. The van der Waals surface area contributed by atoms with E-state index >= 15 is 0 Å². The van der Waals surface area contributed by atoms with Crippen LogP contribution in [0, 0.1) is 5.41 Å². The number of hydrogen-bond donors (Lipinski definition) is 1. The van der Waals surface area contributed by atoms with Gasteiger partial charge in [-0.25, -0.2) is 17.8 Å². The van der Waals surface area contributed by atoms with E-state index in [2.05, 4.69) is 31.0 Å². The van der Waals surface area contributed by atoms with Gasteiger partial charge in [-0.3, -0.25) is 0 Å². The first-order valence-electron chi connectivity index (χ1n) is 5.73. The number of rotatable bonds is 5. The van der Waals surface area contributed by atoms with Gasteiger partial charge in [0.2, 0.25) is 5.03 Å². The van der Waals surface area contributed by atoms with Crippen molar-refractivity contribution in [2.75, 3.05) is 5.88 Å². The maximum atomic E-state index is 12.4. The molecule has 0 amide bonds. The first-order chi connectivity index (χ1) is 8.59. The molecular weight excluding hydrogens is 356 g/mol. The molecule has 1 heterocycles. The SMILES string of the molecule is Cn1nnc(Br)c1S(=O)(=O)NC(CCCl)C(C)(C)C. The summed E-state index contributed by atoms with van der Waals surface area (Å²) < 4.78 is 28.8. The second-order valence-corrected chi connectivity index (χ2v) is 8.08. The highest BCUT2D eigenvalue weighted by atomic mass is 79.9. The van der Waals surface area contributed by atoms with Gasteiger partial charge >= 0.3 is 0 Å². The smallest absolute Gasteiger partial charge is 0.235 e. The molecule has 1 atom stereocenters. The predicted molar refractivity (Wildman–Crippen MR) is 77.6 cm³/mol. The van der Waals surface area contributed by atoms with Crippen molar-refractivity contribution < 1.29 is 8.42 Å². The van der Waals surface area contributed by atoms with E-state index in [9.17, 15) is 8.42 Å². The molecule has 1 aromatic rings. The Hall–Kier alpha value is -0.180. The molecule has 0 spiro atoms. The third-order valence-electron chi connectivity index (χ3n) is 2.73. The van der Waals surface area contributed by atoms with Crippen LogP contribution in [0.3, 0.4) is 0 Å². The average Bonchev–Trinajstić information content (AvgIpc) is 2.56. The van der Waals surface area contributed by atoms with Crippen LogP contribution >= 0.6 is 27.5 Å². The van der Waals surface area contributed by atoms with Crippen LogP contribution in [0.5, 0.6) is 0 Å². The Kier molecular flexibility index (Phi) is 5.39. The molecule has 0 aliphatic carbocycles. The summed E-state index contributed by atoms with van der Waals surface area (Å²) >= 11 is 8.84. The number of halogens is 2. The highest BCUT2D eigenvalue weighted by molar-refractivity contribution is 9.10. The maximum absolute atomic E-state index is 12.4. The van der Waals surface area contributed by atoms with Crippen LogP contribution in [-0.4, -0.2) is 35.3 Å². The third kappa shape index (κ3) is 4.14. The lowest BCUT2D eigenvalue weighted by atomic mass is 9.86. The fourth-order valence-corrected chi connectivity index (χ4v) is 4.42. The minimum atomic E-state index is -3.70. The molecule has 0 aliphatic rings. The van der Waals surface area contributed by atoms with E-state index in [1.54, 1.807) is 0 Å². The Morgan fingerprint density at radius 1 is 1.47 bits per heavy atom. The van der Waals surface area contributed by atoms with E-state index in [1.165, 1.54) is 11.7 Å². The van der Waals surface area contributed by atoms with Gasteiger partial charge < -0.3 is 0 Å². The van der Waals surface area contributed by atoms with Gasteiger partial charge in [-0.2, -0.15) is 0 Å². The lowest BCUT2D eigenvalue weighted by Gasteiger charge is -2.30. The quantitative estimate of drug-likeness (QED) is 0.800. The van der Waals surface area contributed by atoms with Crippen molar-refractivity contribution in [2.45, 2.75) is 38.3 Å². The zero-order chi connectivity index (χ0) is 14.8. The molecule has 0 aliphatic heterocycles. The maximum Gasteiger partial charge on any atom is 0.260 e. The topological polar surface area (TPSA) is 76.9 Å². The van der Waals surface area contributed by atoms with E-state index in [0.29, 0.717) is 12.3 Å². The summed E-state index contributed by atoms with van der Waals surface area (Å²) in [4.78, 5) is 0. The summed E-state index contributed by atoms with van der Waals surface area (Å²) in [7, 11) is -2.17. The van der Waals surface area contributed by atoms with Crippen molar-refractivity contribution in [3.8, 4) is 0 Å². The molecule has 0 bridgehead atoms. The zero-order valence-electron chi connectivity index (χ0n) is 11.3. The monoisotopic (exact) mass is 372 g/mol. The molecule has 0 saturated heterocycles. The van der Waals surface area contributed by atoms with Crippen molar-refractivity contribution >= 4 is 37.6 Å². The van der Waals surface area contributed by atoms with Gasteiger partial charge in [0, 0.05) is 19.0 Å². The molecule has 110 valence electrons. The molecule has 0 aromatic carbocycles. The first-order valence-corrected chi connectivity index (χ1v) is 8.54. The van der Waals surface area contributed by atoms with Gasteiger partial charge in [0.1, 0.15) is 0 Å². The van der Waals surface area contributed by atoms with Crippen LogP contribution in [0.25, 0.3) is 0 Å². The summed E-state index contributed by atoms with van der Waals surface area (Å²) in [5.41, 5.74) is -0.236. The summed E-state index contributed by atoms with van der Waals surface area (Å²) in [6.45, 7) is 5.88. The minimum absolute atomic E-state index is 0.0105. The van der Waals surface area contributed by atoms with Crippen LogP contribution in [0.1, 0.15) is 27.2 Å². The highest BCUT2D eigenvalue weighted by Gasteiger charge is 2.32. The molecule has 1 rings (SSSR count). The number of sulfonamides is 1. The van der Waals surface area contributed by atoms with Crippen LogP contribution in [0.15, 0.2) is 9.63 Å². The number of hydrogen-bond acceptors (Lipinski definition) is 4. The summed E-state index contributed by atoms with van der Waals surface area (Å²) in [6.07, 6.45) is 0.549. The molecular formula is C10H18BrClN4O2S. The summed E-state index contributed by atoms with van der Waals surface area (Å²) in [5, 5.41) is 7.37. The molecule has 0 fully saturated rings. The fourth-order valence-electron chi connectivity index (χ4n) is 1.63. The number of alkyl halides is 1. The van der Waals surface area contributed by atoms with Crippen LogP contribution < -0.4 is 4.72 Å². The zero-order valence-corrected chi connectivity index (χ0v) is 14.5. The van der Waals surface area contributed by atoms with E-state index < -0.39 is 10.0 Å². The molecule has 9 heteroatoms. The second kappa shape index (κ2) is 6.07. The lowest BCUT2D eigenvalue weighted by Crippen LogP contribution is -2.44. The van der Waals surface area contributed by atoms with E-state index in [-0.39, 0.29) is 21.1 Å².